The van der Waals surface area contributed by atoms with Gasteiger partial charge in [0.15, 0.2) is 6.10 Å². The van der Waals surface area contributed by atoms with Gasteiger partial charge in [-0.15, -0.1) is 0 Å². The largest absolute Gasteiger partial charge is 0.451 e. The maximum Gasteiger partial charge on any atom is 0.327 e. The predicted octanol–water partition coefficient (Wildman–Crippen LogP) is 1.54. The normalized spacial score (nSPS) is 16.1. The van der Waals surface area contributed by atoms with Crippen LogP contribution in [0.4, 0.5) is 10.5 Å². The Morgan fingerprint density at radius 3 is 2.57 bits per heavy atom. The minimum Gasteiger partial charge on any atom is -0.451 e. The van der Waals surface area contributed by atoms with E-state index >= 15 is 0 Å². The highest BCUT2D eigenvalue weighted by molar-refractivity contribution is 6.08. The van der Waals surface area contributed by atoms with E-state index in [1.807, 2.05) is 6.07 Å². The molecule has 28 heavy (non-hydrogen) atoms. The zero-order chi connectivity index (χ0) is 20.9. The van der Waals surface area contributed by atoms with Crippen LogP contribution in [0.2, 0.25) is 0 Å². The number of carbonyl (C=O) groups is 4. The summed E-state index contributed by atoms with van der Waals surface area (Å²) in [6.45, 7) is 4.35. The van der Waals surface area contributed by atoms with E-state index in [4.69, 9.17) is 10.00 Å². The molecule has 0 unspecified atom stereocenters. The van der Waals surface area contributed by atoms with Crippen molar-refractivity contribution >= 4 is 29.5 Å². The minimum absolute atomic E-state index is 0.372. The molecule has 1 aliphatic rings. The molecule has 1 atom stereocenters. The maximum atomic E-state index is 12.5. The molecule has 0 aliphatic carbocycles. The van der Waals surface area contributed by atoms with E-state index in [-0.39, 0.29) is 0 Å². The van der Waals surface area contributed by atoms with Crippen molar-refractivity contribution < 1.29 is 23.9 Å². The lowest BCUT2D eigenvalue weighted by Gasteiger charge is -2.23. The predicted molar refractivity (Wildman–Crippen MR) is 98.9 cm³/mol. The Bertz CT molecular complexity index is 841. The molecule has 1 saturated heterocycles. The molecule has 1 aromatic carbocycles. The molecule has 0 aromatic heterocycles. The third kappa shape index (κ3) is 4.28. The molecular weight excluding hydrogens is 364 g/mol. The van der Waals surface area contributed by atoms with Gasteiger partial charge in [0, 0.05) is 5.69 Å². The third-order valence-electron chi connectivity index (χ3n) is 4.68. The van der Waals surface area contributed by atoms with E-state index in [9.17, 15) is 19.2 Å². The number of benzene rings is 1. The summed E-state index contributed by atoms with van der Waals surface area (Å²) in [7, 11) is 0. The van der Waals surface area contributed by atoms with Crippen LogP contribution < -0.4 is 10.6 Å². The zero-order valence-electron chi connectivity index (χ0n) is 15.9. The first-order valence-corrected chi connectivity index (χ1v) is 8.91. The summed E-state index contributed by atoms with van der Waals surface area (Å²) in [5.41, 5.74) is -0.250. The monoisotopic (exact) mass is 386 g/mol. The molecular formula is C19H22N4O5. The van der Waals surface area contributed by atoms with E-state index in [2.05, 4.69) is 10.6 Å². The van der Waals surface area contributed by atoms with Crippen LogP contribution in [-0.4, -0.2) is 46.9 Å². The Hall–Kier alpha value is -3.41. The Morgan fingerprint density at radius 2 is 2.00 bits per heavy atom. The van der Waals surface area contributed by atoms with Gasteiger partial charge in [-0.05, 0) is 38.0 Å². The fraction of sp³-hybridized carbons (Fsp3) is 0.421. The van der Waals surface area contributed by atoms with Crippen LogP contribution in [0.15, 0.2) is 24.3 Å². The molecule has 2 N–H and O–H groups in total. The van der Waals surface area contributed by atoms with Crippen molar-refractivity contribution in [1.29, 1.82) is 5.26 Å². The lowest BCUT2D eigenvalue weighted by Crippen LogP contribution is -2.46. The number of hydrogen-bond donors (Lipinski definition) is 2. The molecule has 1 heterocycles. The number of rotatable bonds is 7. The van der Waals surface area contributed by atoms with Crippen LogP contribution in [0, 0.1) is 11.3 Å². The van der Waals surface area contributed by atoms with Crippen molar-refractivity contribution in [2.24, 2.45) is 0 Å². The average Bonchev–Trinajstić information content (AvgIpc) is 2.92. The van der Waals surface area contributed by atoms with Crippen LogP contribution in [0.25, 0.3) is 0 Å². The second-order valence-electron chi connectivity index (χ2n) is 6.42. The molecule has 1 aliphatic heterocycles. The first-order valence-electron chi connectivity index (χ1n) is 8.91. The number of carbonyl (C=O) groups excluding carboxylic acids is 4. The summed E-state index contributed by atoms with van der Waals surface area (Å²) >= 11 is 0. The third-order valence-corrected chi connectivity index (χ3v) is 4.68. The molecule has 1 aromatic rings. The van der Waals surface area contributed by atoms with Crippen molar-refractivity contribution in [3.05, 3.63) is 29.8 Å². The number of urea groups is 1. The summed E-state index contributed by atoms with van der Waals surface area (Å²) in [6, 6.07) is 7.57. The molecule has 2 rings (SSSR count). The van der Waals surface area contributed by atoms with Crippen LogP contribution in [0.5, 0.6) is 0 Å². The number of anilines is 1. The van der Waals surface area contributed by atoms with Crippen LogP contribution in [0.1, 0.15) is 39.2 Å². The van der Waals surface area contributed by atoms with E-state index in [0.717, 1.165) is 4.90 Å². The molecule has 0 saturated carbocycles. The van der Waals surface area contributed by atoms with Gasteiger partial charge in [0.25, 0.3) is 11.8 Å². The van der Waals surface area contributed by atoms with Crippen molar-refractivity contribution in [3.63, 3.8) is 0 Å². The topological polar surface area (TPSA) is 129 Å². The maximum absolute atomic E-state index is 12.5. The molecule has 0 spiro atoms. The average molecular weight is 386 g/mol. The van der Waals surface area contributed by atoms with Crippen molar-refractivity contribution in [2.75, 3.05) is 11.9 Å². The molecule has 148 valence electrons. The number of esters is 1. The molecule has 1 fully saturated rings. The number of nitriles is 1. The molecule has 0 radical (unpaired) electrons. The van der Waals surface area contributed by atoms with Crippen molar-refractivity contribution in [2.45, 2.75) is 45.3 Å². The van der Waals surface area contributed by atoms with E-state index in [1.54, 1.807) is 32.0 Å². The van der Waals surface area contributed by atoms with Gasteiger partial charge in [-0.25, -0.2) is 4.79 Å². The fourth-order valence-corrected chi connectivity index (χ4v) is 2.88. The van der Waals surface area contributed by atoms with Crippen LogP contribution in [-0.2, 0) is 19.1 Å². The Labute approximate surface area is 162 Å². The molecule has 9 heteroatoms. The number of nitrogens with one attached hydrogen (secondary N) is 2. The van der Waals surface area contributed by atoms with E-state index in [0.29, 0.717) is 24.1 Å². The molecule has 4 amide bonds. The summed E-state index contributed by atoms with van der Waals surface area (Å²) in [4.78, 5) is 49.6. The summed E-state index contributed by atoms with van der Waals surface area (Å²) < 4.78 is 5.05. The summed E-state index contributed by atoms with van der Waals surface area (Å²) in [6.07, 6.45) is -0.346. The Morgan fingerprint density at radius 1 is 1.32 bits per heavy atom. The van der Waals surface area contributed by atoms with Gasteiger partial charge in [0.1, 0.15) is 12.1 Å². The first kappa shape index (κ1) is 20.9. The lowest BCUT2D eigenvalue weighted by atomic mass is 9.93. The molecule has 9 nitrogen and oxygen atoms in total. The van der Waals surface area contributed by atoms with Gasteiger partial charge in [0.2, 0.25) is 0 Å². The van der Waals surface area contributed by atoms with Crippen LogP contribution >= 0.6 is 0 Å². The van der Waals surface area contributed by atoms with Gasteiger partial charge in [0.05, 0.1) is 11.6 Å². The minimum atomic E-state index is -1.15. The van der Waals surface area contributed by atoms with Gasteiger partial charge < -0.3 is 15.4 Å². The standard InChI is InChI=1S/C19H22N4O5/c1-4-19(5-2)17(26)23(18(27)22-19)11-15(24)28-12(3)16(25)21-14-8-6-7-13(9-14)10-20/h6-9,12H,4-5,11H2,1-3H3,(H,21,25)(H,22,27)/t12-/m0/s1. The van der Waals surface area contributed by atoms with E-state index < -0.39 is 42.0 Å². The molecule has 0 bridgehead atoms. The highest BCUT2D eigenvalue weighted by Crippen LogP contribution is 2.24. The second kappa shape index (κ2) is 8.52. The van der Waals surface area contributed by atoms with Crippen molar-refractivity contribution in [1.82, 2.24) is 10.2 Å². The highest BCUT2D eigenvalue weighted by Gasteiger charge is 2.49. The lowest BCUT2D eigenvalue weighted by molar-refractivity contribution is -0.155. The van der Waals surface area contributed by atoms with Gasteiger partial charge >= 0.3 is 12.0 Å². The van der Waals surface area contributed by atoms with Gasteiger partial charge in [-0.2, -0.15) is 5.26 Å². The highest BCUT2D eigenvalue weighted by atomic mass is 16.5. The number of ether oxygens (including phenoxy) is 1. The number of nitrogens with zero attached hydrogens (tertiary/aromatic N) is 2. The SMILES string of the molecule is CCC1(CC)NC(=O)N(CC(=O)O[C@@H](C)C(=O)Nc2cccc(C#N)c2)C1=O. The Balaban J connectivity index is 1.95. The number of hydrogen-bond acceptors (Lipinski definition) is 6. The number of amides is 4. The zero-order valence-corrected chi connectivity index (χ0v) is 15.9. The van der Waals surface area contributed by atoms with Crippen molar-refractivity contribution in [3.8, 4) is 6.07 Å². The fourth-order valence-electron chi connectivity index (χ4n) is 2.88. The Kier molecular flexibility index (Phi) is 6.36. The van der Waals surface area contributed by atoms with E-state index in [1.165, 1.54) is 13.0 Å². The smallest absolute Gasteiger partial charge is 0.327 e. The first-order chi connectivity index (χ1) is 13.3. The van der Waals surface area contributed by atoms with Crippen LogP contribution in [0.3, 0.4) is 0 Å². The van der Waals surface area contributed by atoms with Gasteiger partial charge in [-0.3, -0.25) is 19.3 Å². The summed E-state index contributed by atoms with van der Waals surface area (Å²) in [5, 5.41) is 14.0. The quantitative estimate of drug-likeness (QED) is 0.540. The number of imide groups is 1. The van der Waals surface area contributed by atoms with Gasteiger partial charge in [-0.1, -0.05) is 19.9 Å². The second-order valence-corrected chi connectivity index (χ2v) is 6.42. The summed E-state index contributed by atoms with van der Waals surface area (Å²) in [5.74, 6) is -1.96.